The van der Waals surface area contributed by atoms with Gasteiger partial charge in [-0.15, -0.1) is 0 Å². The number of carbonyl (C=O) groups is 1. The van der Waals surface area contributed by atoms with Crippen LogP contribution < -0.4 is 20.7 Å². The molecule has 3 aromatic rings. The zero-order chi connectivity index (χ0) is 25.4. The van der Waals surface area contributed by atoms with Crippen LogP contribution in [0.3, 0.4) is 0 Å². The first kappa shape index (κ1) is 24.1. The predicted molar refractivity (Wildman–Crippen MR) is 140 cm³/mol. The van der Waals surface area contributed by atoms with E-state index in [4.69, 9.17) is 22.1 Å². The van der Waals surface area contributed by atoms with Crippen molar-refractivity contribution >= 4 is 46.7 Å². The molecule has 11 heteroatoms. The van der Waals surface area contributed by atoms with Gasteiger partial charge in [0.25, 0.3) is 5.91 Å². The molecule has 0 bridgehead atoms. The lowest BCUT2D eigenvalue weighted by molar-refractivity contribution is -0.113. The number of hydrogen-bond donors (Lipinski definition) is 3. The molecular formula is C25H29ClN8O2. The second kappa shape index (κ2) is 9.77. The van der Waals surface area contributed by atoms with Crippen molar-refractivity contribution in [1.29, 1.82) is 0 Å². The van der Waals surface area contributed by atoms with Crippen LogP contribution in [0.15, 0.2) is 12.4 Å². The molecule has 2 aliphatic rings. The maximum Gasteiger partial charge on any atom is 0.260 e. The minimum atomic E-state index is -0.288. The van der Waals surface area contributed by atoms with Crippen LogP contribution in [-0.2, 0) is 11.3 Å². The standard InChI is InChI=1S/C25H29ClN8O2/c1-13-9-28-17(14(2)21(13)36-3)12-34-23-20(22(26)32-25(27)33-23)16(24(34)35)8-18-30-11-19(31-18)29-10-15-6-4-5-7-15/h8-9,11,15,29H,4-7,10,12H2,1-3H3,(H,30,31)(H2,27,32,33)/b16-8-. The predicted octanol–water partition coefficient (Wildman–Crippen LogP) is 4.15. The van der Waals surface area contributed by atoms with E-state index < -0.39 is 0 Å². The highest BCUT2D eigenvalue weighted by atomic mass is 35.5. The van der Waals surface area contributed by atoms with Crippen molar-refractivity contribution < 1.29 is 9.53 Å². The quantitative estimate of drug-likeness (QED) is 0.320. The number of hydrogen-bond acceptors (Lipinski definition) is 8. The molecule has 1 amide bonds. The van der Waals surface area contributed by atoms with Crippen LogP contribution in [0.2, 0.25) is 5.15 Å². The Labute approximate surface area is 214 Å². The fourth-order valence-electron chi connectivity index (χ4n) is 4.98. The molecule has 36 heavy (non-hydrogen) atoms. The maximum atomic E-state index is 13.6. The molecule has 1 aliphatic heterocycles. The number of nitrogens with two attached hydrogens (primary N) is 1. The van der Waals surface area contributed by atoms with Gasteiger partial charge in [0.2, 0.25) is 5.95 Å². The number of fused-ring (bicyclic) bond motifs is 1. The molecule has 0 radical (unpaired) electrons. The number of aryl methyl sites for hydroxylation is 1. The minimum Gasteiger partial charge on any atom is -0.496 e. The number of amides is 1. The summed E-state index contributed by atoms with van der Waals surface area (Å²) in [6.07, 6.45) is 10.2. The molecule has 188 valence electrons. The number of methoxy groups -OCH3 is 1. The molecule has 0 atom stereocenters. The molecule has 1 aliphatic carbocycles. The van der Waals surface area contributed by atoms with Gasteiger partial charge in [-0.3, -0.25) is 14.7 Å². The Morgan fingerprint density at radius 3 is 2.78 bits per heavy atom. The molecule has 0 spiro atoms. The van der Waals surface area contributed by atoms with Crippen molar-refractivity contribution in [2.75, 3.05) is 29.6 Å². The van der Waals surface area contributed by atoms with Crippen molar-refractivity contribution in [3.05, 3.63) is 45.8 Å². The van der Waals surface area contributed by atoms with E-state index in [1.807, 2.05) is 13.8 Å². The number of imidazole rings is 1. The Kier molecular flexibility index (Phi) is 6.53. The summed E-state index contributed by atoms with van der Waals surface area (Å²) in [7, 11) is 1.62. The number of nitrogen functional groups attached to an aromatic ring is 1. The van der Waals surface area contributed by atoms with Gasteiger partial charge in [-0.2, -0.15) is 4.98 Å². The highest BCUT2D eigenvalue weighted by molar-refractivity contribution is 6.41. The summed E-state index contributed by atoms with van der Waals surface area (Å²) in [5.41, 5.74) is 9.09. The molecule has 4 heterocycles. The largest absolute Gasteiger partial charge is 0.496 e. The highest BCUT2D eigenvalue weighted by Crippen LogP contribution is 2.41. The molecule has 4 N–H and O–H groups in total. The molecule has 1 saturated carbocycles. The summed E-state index contributed by atoms with van der Waals surface area (Å²) in [5.74, 6) is 2.80. The SMILES string of the molecule is COc1c(C)cnc(CN2C(=O)/C(=C\c3ncc(NCC4CCCC4)[nH]3)c3c(Cl)nc(N)nc32)c1C. The number of aromatic amines is 1. The zero-order valence-electron chi connectivity index (χ0n) is 20.6. The van der Waals surface area contributed by atoms with Crippen LogP contribution in [0, 0.1) is 19.8 Å². The fraction of sp³-hybridized carbons (Fsp3) is 0.400. The number of nitrogens with one attached hydrogen (secondary N) is 2. The molecular weight excluding hydrogens is 480 g/mol. The van der Waals surface area contributed by atoms with Crippen molar-refractivity contribution in [1.82, 2.24) is 24.9 Å². The fourth-order valence-corrected chi connectivity index (χ4v) is 5.25. The highest BCUT2D eigenvalue weighted by Gasteiger charge is 2.37. The van der Waals surface area contributed by atoms with E-state index in [-0.39, 0.29) is 23.6 Å². The summed E-state index contributed by atoms with van der Waals surface area (Å²) in [6, 6.07) is 0. The van der Waals surface area contributed by atoms with Gasteiger partial charge < -0.3 is 20.8 Å². The zero-order valence-corrected chi connectivity index (χ0v) is 21.3. The Balaban J connectivity index is 1.46. The third kappa shape index (κ3) is 4.48. The number of H-pyrrole nitrogens is 1. The average molecular weight is 509 g/mol. The number of pyridine rings is 1. The van der Waals surface area contributed by atoms with Crippen LogP contribution >= 0.6 is 11.6 Å². The Hall–Kier alpha value is -3.66. The van der Waals surface area contributed by atoms with Crippen LogP contribution in [0.25, 0.3) is 11.6 Å². The Morgan fingerprint density at radius 2 is 2.03 bits per heavy atom. The molecule has 1 fully saturated rings. The van der Waals surface area contributed by atoms with E-state index >= 15 is 0 Å². The lowest BCUT2D eigenvalue weighted by Crippen LogP contribution is -2.27. The van der Waals surface area contributed by atoms with Gasteiger partial charge in [0, 0.05) is 23.9 Å². The third-order valence-electron chi connectivity index (χ3n) is 6.85. The molecule has 0 aromatic carbocycles. The number of nitrogens with zero attached hydrogens (tertiary/aromatic N) is 5. The molecule has 0 saturated heterocycles. The summed E-state index contributed by atoms with van der Waals surface area (Å²) in [4.78, 5) is 35.8. The van der Waals surface area contributed by atoms with Crippen molar-refractivity contribution in [2.45, 2.75) is 46.1 Å². The Morgan fingerprint density at radius 1 is 1.25 bits per heavy atom. The number of halogens is 1. The second-order valence-corrected chi connectivity index (χ2v) is 9.64. The Bertz CT molecular complexity index is 1350. The maximum absolute atomic E-state index is 13.6. The number of rotatable bonds is 7. The van der Waals surface area contributed by atoms with Crippen molar-refractivity contribution in [3.8, 4) is 5.75 Å². The van der Waals surface area contributed by atoms with Crippen LogP contribution in [0.5, 0.6) is 5.75 Å². The normalized spacial score (nSPS) is 16.7. The molecule has 3 aromatic heterocycles. The van der Waals surface area contributed by atoms with E-state index in [1.54, 1.807) is 25.6 Å². The summed E-state index contributed by atoms with van der Waals surface area (Å²) in [6.45, 7) is 4.91. The van der Waals surface area contributed by atoms with Crippen molar-refractivity contribution in [3.63, 3.8) is 0 Å². The average Bonchev–Trinajstić information content (AvgIpc) is 3.57. The summed E-state index contributed by atoms with van der Waals surface area (Å²) in [5, 5.41) is 3.52. The summed E-state index contributed by atoms with van der Waals surface area (Å²) < 4.78 is 5.53. The van der Waals surface area contributed by atoms with Gasteiger partial charge >= 0.3 is 0 Å². The smallest absolute Gasteiger partial charge is 0.260 e. The van der Waals surface area contributed by atoms with Crippen LogP contribution in [0.4, 0.5) is 17.6 Å². The van der Waals surface area contributed by atoms with Crippen LogP contribution in [-0.4, -0.2) is 44.5 Å². The topological polar surface area (TPSA) is 135 Å². The van der Waals surface area contributed by atoms with Gasteiger partial charge in [0.15, 0.2) is 5.82 Å². The van der Waals surface area contributed by atoms with Gasteiger partial charge in [0.1, 0.15) is 22.5 Å². The lowest BCUT2D eigenvalue weighted by atomic mass is 10.1. The van der Waals surface area contributed by atoms with Gasteiger partial charge in [-0.1, -0.05) is 24.4 Å². The van der Waals surface area contributed by atoms with Crippen molar-refractivity contribution in [2.24, 2.45) is 5.92 Å². The first-order valence-electron chi connectivity index (χ1n) is 12.0. The van der Waals surface area contributed by atoms with E-state index in [0.717, 1.165) is 29.2 Å². The first-order valence-corrected chi connectivity index (χ1v) is 12.4. The molecule has 0 unspecified atom stereocenters. The monoisotopic (exact) mass is 508 g/mol. The minimum absolute atomic E-state index is 0.0136. The van der Waals surface area contributed by atoms with Gasteiger partial charge in [-0.05, 0) is 38.7 Å². The van der Waals surface area contributed by atoms with E-state index in [1.165, 1.54) is 30.6 Å². The second-order valence-electron chi connectivity index (χ2n) is 9.28. The lowest BCUT2D eigenvalue weighted by Gasteiger charge is -2.19. The number of carbonyl (C=O) groups excluding carboxylic acids is 1. The summed E-state index contributed by atoms with van der Waals surface area (Å²) >= 11 is 6.47. The van der Waals surface area contributed by atoms with Crippen LogP contribution in [0.1, 0.15) is 53.9 Å². The molecule has 10 nitrogen and oxygen atoms in total. The van der Waals surface area contributed by atoms with E-state index in [2.05, 4.69) is 30.2 Å². The van der Waals surface area contributed by atoms with Gasteiger partial charge in [-0.25, -0.2) is 9.97 Å². The first-order chi connectivity index (χ1) is 17.4. The molecule has 5 rings (SSSR count). The van der Waals surface area contributed by atoms with E-state index in [0.29, 0.717) is 34.4 Å². The number of ether oxygens (including phenoxy) is 1. The number of aromatic nitrogens is 5. The third-order valence-corrected chi connectivity index (χ3v) is 7.13. The van der Waals surface area contributed by atoms with E-state index in [9.17, 15) is 4.79 Å². The van der Waals surface area contributed by atoms with Gasteiger partial charge in [0.05, 0.1) is 36.7 Å². The number of anilines is 3.